The van der Waals surface area contributed by atoms with Gasteiger partial charge in [-0.3, -0.25) is 4.90 Å². The average Bonchev–Trinajstić information content (AvgIpc) is 2.18. The van der Waals surface area contributed by atoms with E-state index >= 15 is 0 Å². The molecule has 5 heteroatoms. The lowest BCUT2D eigenvalue weighted by Crippen LogP contribution is -2.44. The molecule has 1 aliphatic rings. The summed E-state index contributed by atoms with van der Waals surface area (Å²) in [5, 5.41) is 2.75. The molecule has 5 nitrogen and oxygen atoms in total. The zero-order valence-electron chi connectivity index (χ0n) is 7.32. The van der Waals surface area contributed by atoms with Crippen molar-refractivity contribution in [2.75, 3.05) is 11.4 Å². The van der Waals surface area contributed by atoms with Gasteiger partial charge in [-0.1, -0.05) is 0 Å². The van der Waals surface area contributed by atoms with E-state index in [-0.39, 0.29) is 6.03 Å². The highest BCUT2D eigenvalue weighted by atomic mass is 16.2. The van der Waals surface area contributed by atoms with Gasteiger partial charge in [0.15, 0.2) is 0 Å². The smallest absolute Gasteiger partial charge is 0.323 e. The predicted molar refractivity (Wildman–Crippen MR) is 47.3 cm³/mol. The third-order valence-corrected chi connectivity index (χ3v) is 2.01. The van der Waals surface area contributed by atoms with Crippen LogP contribution >= 0.6 is 0 Å². The Morgan fingerprint density at radius 2 is 2.54 bits per heavy atom. The van der Waals surface area contributed by atoms with Crippen molar-refractivity contribution in [3.63, 3.8) is 0 Å². The Bertz CT molecular complexity index is 339. The highest BCUT2D eigenvalue weighted by Crippen LogP contribution is 2.19. The zero-order chi connectivity index (χ0) is 9.26. The Balaban J connectivity index is 2.45. The fourth-order valence-electron chi connectivity index (χ4n) is 1.38. The second-order valence-corrected chi connectivity index (χ2v) is 2.77. The molecule has 0 fully saturated rings. The first-order valence-corrected chi connectivity index (χ1v) is 4.17. The molecule has 0 aromatic carbocycles. The van der Waals surface area contributed by atoms with E-state index in [1.54, 1.807) is 11.1 Å². The van der Waals surface area contributed by atoms with Gasteiger partial charge < -0.3 is 5.32 Å². The Morgan fingerprint density at radius 3 is 3.31 bits per heavy atom. The maximum atomic E-state index is 11.3. The highest BCUT2D eigenvalue weighted by Gasteiger charge is 2.22. The molecule has 1 aromatic rings. The van der Waals surface area contributed by atoms with Gasteiger partial charge in [-0.05, 0) is 6.92 Å². The largest absolute Gasteiger partial charge is 0.333 e. The molecule has 0 bridgehead atoms. The Labute approximate surface area is 75.8 Å². The summed E-state index contributed by atoms with van der Waals surface area (Å²) < 4.78 is 0. The minimum absolute atomic E-state index is 0.0892. The van der Waals surface area contributed by atoms with Crippen LogP contribution in [0.5, 0.6) is 0 Å². The van der Waals surface area contributed by atoms with Gasteiger partial charge in [-0.2, -0.15) is 0 Å². The molecule has 0 aliphatic carbocycles. The van der Waals surface area contributed by atoms with Crippen LogP contribution in [0.25, 0.3) is 0 Å². The summed E-state index contributed by atoms with van der Waals surface area (Å²) in [6.07, 6.45) is 3.19. The topological polar surface area (TPSA) is 58.1 Å². The van der Waals surface area contributed by atoms with Crippen molar-refractivity contribution in [3.05, 3.63) is 18.1 Å². The van der Waals surface area contributed by atoms with Crippen LogP contribution in [-0.2, 0) is 6.54 Å². The number of hydrogen-bond donors (Lipinski definition) is 1. The number of carbonyl (C=O) groups is 1. The number of amides is 2. The first-order valence-electron chi connectivity index (χ1n) is 4.17. The van der Waals surface area contributed by atoms with Crippen molar-refractivity contribution in [1.29, 1.82) is 0 Å². The van der Waals surface area contributed by atoms with E-state index in [0.29, 0.717) is 13.1 Å². The van der Waals surface area contributed by atoms with Crippen LogP contribution in [0.15, 0.2) is 12.5 Å². The van der Waals surface area contributed by atoms with Crippen molar-refractivity contribution >= 4 is 11.8 Å². The fraction of sp³-hybridized carbons (Fsp3) is 0.375. The monoisotopic (exact) mass is 178 g/mol. The normalized spacial score (nSPS) is 15.2. The number of nitrogens with zero attached hydrogens (tertiary/aromatic N) is 3. The standard InChI is InChI=1S/C8H10N4O/c1-2-12-7-6(3-9-5-11-7)4-10-8(12)13/h3,5H,2,4H2,1H3,(H,10,13). The molecule has 68 valence electrons. The molecule has 0 radical (unpaired) electrons. The summed E-state index contributed by atoms with van der Waals surface area (Å²) in [6.45, 7) is 3.05. The van der Waals surface area contributed by atoms with Gasteiger partial charge in [0.05, 0.1) is 0 Å². The fourth-order valence-corrected chi connectivity index (χ4v) is 1.38. The van der Waals surface area contributed by atoms with Crippen LogP contribution in [0, 0.1) is 0 Å². The zero-order valence-corrected chi connectivity index (χ0v) is 7.32. The van der Waals surface area contributed by atoms with Crippen molar-refractivity contribution in [2.45, 2.75) is 13.5 Å². The number of aromatic nitrogens is 2. The summed E-state index contributed by atoms with van der Waals surface area (Å²) in [5.74, 6) is 0.723. The molecule has 2 heterocycles. The maximum absolute atomic E-state index is 11.3. The van der Waals surface area contributed by atoms with Crippen molar-refractivity contribution in [3.8, 4) is 0 Å². The molecule has 2 amide bonds. The van der Waals surface area contributed by atoms with E-state index in [0.717, 1.165) is 11.4 Å². The van der Waals surface area contributed by atoms with Crippen LogP contribution in [0.2, 0.25) is 0 Å². The average molecular weight is 178 g/mol. The minimum Gasteiger partial charge on any atom is -0.333 e. The molecule has 1 N–H and O–H groups in total. The molecular weight excluding hydrogens is 168 g/mol. The van der Waals surface area contributed by atoms with Crippen LogP contribution in [0.3, 0.4) is 0 Å². The second-order valence-electron chi connectivity index (χ2n) is 2.77. The van der Waals surface area contributed by atoms with Gasteiger partial charge in [0.1, 0.15) is 12.1 Å². The summed E-state index contributed by atoms with van der Waals surface area (Å²) in [5.41, 5.74) is 0.962. The van der Waals surface area contributed by atoms with Crippen molar-refractivity contribution in [1.82, 2.24) is 15.3 Å². The summed E-state index contributed by atoms with van der Waals surface area (Å²) in [7, 11) is 0. The summed E-state index contributed by atoms with van der Waals surface area (Å²) in [4.78, 5) is 20.9. The number of nitrogens with one attached hydrogen (secondary N) is 1. The minimum atomic E-state index is -0.0892. The molecule has 1 aromatic heterocycles. The first kappa shape index (κ1) is 7.97. The van der Waals surface area contributed by atoms with E-state index in [1.165, 1.54) is 6.33 Å². The molecule has 0 unspecified atom stereocenters. The SMILES string of the molecule is CCN1C(=O)NCc2cncnc21. The third-order valence-electron chi connectivity index (χ3n) is 2.01. The third kappa shape index (κ3) is 1.22. The van der Waals surface area contributed by atoms with Crippen LogP contribution < -0.4 is 10.2 Å². The van der Waals surface area contributed by atoms with Gasteiger partial charge >= 0.3 is 6.03 Å². The molecule has 0 saturated carbocycles. The molecule has 0 spiro atoms. The first-order chi connectivity index (χ1) is 6.33. The Morgan fingerprint density at radius 1 is 1.69 bits per heavy atom. The number of carbonyl (C=O) groups excluding carboxylic acids is 1. The van der Waals surface area contributed by atoms with Crippen molar-refractivity contribution in [2.24, 2.45) is 0 Å². The Hall–Kier alpha value is -1.65. The van der Waals surface area contributed by atoms with Crippen molar-refractivity contribution < 1.29 is 4.79 Å². The highest BCUT2D eigenvalue weighted by molar-refractivity contribution is 5.93. The molecule has 13 heavy (non-hydrogen) atoms. The van der Waals surface area contributed by atoms with Crippen LogP contribution in [0.1, 0.15) is 12.5 Å². The second kappa shape index (κ2) is 3.01. The quantitative estimate of drug-likeness (QED) is 0.682. The van der Waals surface area contributed by atoms with E-state index in [1.807, 2.05) is 6.92 Å². The number of urea groups is 1. The summed E-state index contributed by atoms with van der Waals surface area (Å²) in [6, 6.07) is -0.0892. The lowest BCUT2D eigenvalue weighted by molar-refractivity contribution is 0.244. The number of rotatable bonds is 1. The Kier molecular flexibility index (Phi) is 1.84. The van der Waals surface area contributed by atoms with Crippen LogP contribution in [0.4, 0.5) is 10.6 Å². The number of fused-ring (bicyclic) bond motifs is 1. The van der Waals surface area contributed by atoms with Gasteiger partial charge in [-0.25, -0.2) is 14.8 Å². The lowest BCUT2D eigenvalue weighted by Gasteiger charge is -2.26. The molecular formula is C8H10N4O. The molecule has 2 rings (SSSR count). The van der Waals surface area contributed by atoms with Crippen LogP contribution in [-0.4, -0.2) is 22.5 Å². The summed E-state index contributed by atoms with van der Waals surface area (Å²) >= 11 is 0. The predicted octanol–water partition coefficient (Wildman–Crippen LogP) is 0.526. The molecule has 1 aliphatic heterocycles. The lowest BCUT2D eigenvalue weighted by atomic mass is 10.2. The van der Waals surface area contributed by atoms with E-state index in [2.05, 4.69) is 15.3 Å². The molecule has 0 atom stereocenters. The molecule has 0 saturated heterocycles. The van der Waals surface area contributed by atoms with E-state index in [4.69, 9.17) is 0 Å². The number of hydrogen-bond acceptors (Lipinski definition) is 3. The van der Waals surface area contributed by atoms with Gasteiger partial charge in [0.2, 0.25) is 0 Å². The van der Waals surface area contributed by atoms with E-state index in [9.17, 15) is 4.79 Å². The van der Waals surface area contributed by atoms with Gasteiger partial charge in [-0.15, -0.1) is 0 Å². The van der Waals surface area contributed by atoms with Gasteiger partial charge in [0.25, 0.3) is 0 Å². The number of anilines is 1. The van der Waals surface area contributed by atoms with Gasteiger partial charge in [0, 0.05) is 24.8 Å². The van der Waals surface area contributed by atoms with E-state index < -0.39 is 0 Å². The maximum Gasteiger partial charge on any atom is 0.323 e.